The Balaban J connectivity index is 5.09. The standard InChI is InChI=1S/C3ClF6NO/c4-2(6,7)1(5,11-12)3(8,9)10. The molecule has 0 aliphatic carbocycles. The molecule has 0 rings (SSSR count). The van der Waals surface area contributed by atoms with Gasteiger partial charge in [0.15, 0.2) is 0 Å². The molecule has 72 valence electrons. The molecule has 0 aromatic rings. The van der Waals surface area contributed by atoms with E-state index >= 15 is 0 Å². The lowest BCUT2D eigenvalue weighted by Crippen LogP contribution is -2.50. The van der Waals surface area contributed by atoms with Gasteiger partial charge in [0.05, 0.1) is 0 Å². The second kappa shape index (κ2) is 2.75. The van der Waals surface area contributed by atoms with Gasteiger partial charge in [0.2, 0.25) is 0 Å². The van der Waals surface area contributed by atoms with Crippen molar-refractivity contribution in [1.29, 1.82) is 0 Å². The molecule has 12 heavy (non-hydrogen) atoms. The first-order valence-electron chi connectivity index (χ1n) is 2.23. The van der Waals surface area contributed by atoms with Crippen LogP contribution in [0.4, 0.5) is 26.3 Å². The maximum absolute atomic E-state index is 12.0. The lowest BCUT2D eigenvalue weighted by Gasteiger charge is -2.23. The molecule has 0 amide bonds. The minimum absolute atomic E-state index is 0.639. The predicted molar refractivity (Wildman–Crippen MR) is 26.5 cm³/mol. The zero-order valence-electron chi connectivity index (χ0n) is 5.00. The summed E-state index contributed by atoms with van der Waals surface area (Å²) in [5.41, 5.74) is 0. The van der Waals surface area contributed by atoms with Crippen LogP contribution >= 0.6 is 11.6 Å². The summed E-state index contributed by atoms with van der Waals surface area (Å²) in [4.78, 5) is 9.21. The van der Waals surface area contributed by atoms with Crippen molar-refractivity contribution in [3.63, 3.8) is 0 Å². The smallest absolute Gasteiger partial charge is 0.195 e. The van der Waals surface area contributed by atoms with Crippen LogP contribution in [0.5, 0.6) is 0 Å². The zero-order valence-corrected chi connectivity index (χ0v) is 5.76. The fraction of sp³-hybridized carbons (Fsp3) is 1.00. The summed E-state index contributed by atoms with van der Waals surface area (Å²) < 4.78 is 69.4. The predicted octanol–water partition coefficient (Wildman–Crippen LogP) is 2.81. The quantitative estimate of drug-likeness (QED) is 0.301. The molecular weight excluding hydrogens is 215 g/mol. The number of rotatable bonds is 2. The van der Waals surface area contributed by atoms with E-state index in [4.69, 9.17) is 0 Å². The maximum atomic E-state index is 12.0. The molecule has 0 heterocycles. The largest absolute Gasteiger partial charge is 0.455 e. The van der Waals surface area contributed by atoms with E-state index in [1.54, 1.807) is 0 Å². The summed E-state index contributed by atoms with van der Waals surface area (Å²) in [5.74, 6) is -5.58. The van der Waals surface area contributed by atoms with Gasteiger partial charge >= 0.3 is 17.4 Å². The highest BCUT2D eigenvalue weighted by Gasteiger charge is 2.73. The molecule has 0 aromatic carbocycles. The van der Waals surface area contributed by atoms with Gasteiger partial charge in [0.1, 0.15) is 0 Å². The first kappa shape index (κ1) is 11.5. The Morgan fingerprint density at radius 1 is 1.00 bits per heavy atom. The van der Waals surface area contributed by atoms with Crippen LogP contribution in [-0.2, 0) is 0 Å². The summed E-state index contributed by atoms with van der Waals surface area (Å²) >= 11 is 3.70. The molecule has 1 atom stereocenters. The van der Waals surface area contributed by atoms with Crippen LogP contribution in [0.25, 0.3) is 0 Å². The van der Waals surface area contributed by atoms with Crippen LogP contribution in [0.3, 0.4) is 0 Å². The Bertz CT molecular complexity index is 170. The minimum Gasteiger partial charge on any atom is -0.195 e. The summed E-state index contributed by atoms with van der Waals surface area (Å²) in [5, 5.41) is -4.77. The molecule has 2 nitrogen and oxygen atoms in total. The Hall–Kier alpha value is -0.530. The van der Waals surface area contributed by atoms with Crippen LogP contribution in [0.15, 0.2) is 5.18 Å². The number of nitroso groups, excluding NO2 is 1. The van der Waals surface area contributed by atoms with Crippen molar-refractivity contribution in [2.45, 2.75) is 17.4 Å². The molecule has 0 saturated heterocycles. The Labute approximate surface area is 66.5 Å². The molecular formula is C3ClF6NO. The highest BCUT2D eigenvalue weighted by atomic mass is 35.5. The van der Waals surface area contributed by atoms with E-state index in [1.165, 1.54) is 0 Å². The first-order chi connectivity index (χ1) is 5.06. The first-order valence-corrected chi connectivity index (χ1v) is 2.61. The van der Waals surface area contributed by atoms with E-state index < -0.39 is 17.4 Å². The molecule has 0 saturated carbocycles. The summed E-state index contributed by atoms with van der Waals surface area (Å²) in [6, 6.07) is 0. The Morgan fingerprint density at radius 3 is 1.33 bits per heavy atom. The lowest BCUT2D eigenvalue weighted by atomic mass is 10.3. The van der Waals surface area contributed by atoms with Gasteiger partial charge < -0.3 is 0 Å². The number of hydrogen-bond acceptors (Lipinski definition) is 2. The van der Waals surface area contributed by atoms with Crippen molar-refractivity contribution in [3.8, 4) is 0 Å². The molecule has 0 aromatic heterocycles. The van der Waals surface area contributed by atoms with Crippen molar-refractivity contribution < 1.29 is 26.3 Å². The van der Waals surface area contributed by atoms with Crippen LogP contribution in [-0.4, -0.2) is 17.4 Å². The fourth-order valence-corrected chi connectivity index (χ4v) is 0.406. The summed E-state index contributed by atoms with van der Waals surface area (Å²) in [6.45, 7) is 0. The number of nitrogens with zero attached hydrogens (tertiary/aromatic N) is 1. The second-order valence-electron chi connectivity index (χ2n) is 1.71. The maximum Gasteiger partial charge on any atom is 0.455 e. The van der Waals surface area contributed by atoms with Crippen molar-refractivity contribution in [1.82, 2.24) is 0 Å². The van der Waals surface area contributed by atoms with Crippen molar-refractivity contribution >= 4 is 11.6 Å². The van der Waals surface area contributed by atoms with E-state index in [-0.39, 0.29) is 0 Å². The highest BCUT2D eigenvalue weighted by Crippen LogP contribution is 2.48. The Morgan fingerprint density at radius 2 is 1.33 bits per heavy atom. The average Bonchev–Trinajstić information content (AvgIpc) is 1.81. The normalized spacial score (nSPS) is 18.6. The van der Waals surface area contributed by atoms with Gasteiger partial charge in [0.25, 0.3) is 0 Å². The van der Waals surface area contributed by atoms with Crippen LogP contribution in [0.2, 0.25) is 0 Å². The second-order valence-corrected chi connectivity index (χ2v) is 2.18. The monoisotopic (exact) mass is 215 g/mol. The van der Waals surface area contributed by atoms with Crippen LogP contribution < -0.4 is 0 Å². The SMILES string of the molecule is O=NC(F)(C(F)(F)F)C(F)(F)Cl. The average molecular weight is 215 g/mol. The molecule has 1 unspecified atom stereocenters. The van der Waals surface area contributed by atoms with Crippen LogP contribution in [0, 0.1) is 4.91 Å². The van der Waals surface area contributed by atoms with Gasteiger partial charge in [-0.15, -0.1) is 4.91 Å². The zero-order chi connectivity index (χ0) is 10.2. The van der Waals surface area contributed by atoms with E-state index in [0.29, 0.717) is 5.18 Å². The van der Waals surface area contributed by atoms with E-state index in [1.807, 2.05) is 0 Å². The molecule has 0 aliphatic rings. The topological polar surface area (TPSA) is 29.4 Å². The van der Waals surface area contributed by atoms with Crippen molar-refractivity contribution in [2.75, 3.05) is 0 Å². The van der Waals surface area contributed by atoms with Crippen molar-refractivity contribution in [3.05, 3.63) is 4.91 Å². The van der Waals surface area contributed by atoms with E-state index in [2.05, 4.69) is 11.6 Å². The number of hydrogen-bond donors (Lipinski definition) is 0. The van der Waals surface area contributed by atoms with E-state index in [0.717, 1.165) is 0 Å². The van der Waals surface area contributed by atoms with Gasteiger partial charge in [-0.1, -0.05) is 0 Å². The van der Waals surface area contributed by atoms with Gasteiger partial charge in [-0.25, -0.2) is 0 Å². The molecule has 0 aliphatic heterocycles. The molecule has 9 heteroatoms. The number of halogens is 7. The number of alkyl halides is 7. The molecule has 0 N–H and O–H groups in total. The summed E-state index contributed by atoms with van der Waals surface area (Å²) in [6.07, 6.45) is -6.14. The third-order valence-electron chi connectivity index (χ3n) is 0.877. The fourth-order valence-electron chi connectivity index (χ4n) is 0.264. The lowest BCUT2D eigenvalue weighted by molar-refractivity contribution is -0.276. The van der Waals surface area contributed by atoms with Gasteiger partial charge in [-0.3, -0.25) is 0 Å². The molecule has 0 bridgehead atoms. The highest BCUT2D eigenvalue weighted by molar-refractivity contribution is 6.22. The third kappa shape index (κ3) is 1.62. The van der Waals surface area contributed by atoms with Gasteiger partial charge in [-0.05, 0) is 16.8 Å². The van der Waals surface area contributed by atoms with Crippen LogP contribution in [0.1, 0.15) is 0 Å². The minimum atomic E-state index is -6.14. The third-order valence-corrected chi connectivity index (χ3v) is 1.13. The van der Waals surface area contributed by atoms with Gasteiger partial charge in [0, 0.05) is 0 Å². The molecule has 0 spiro atoms. The van der Waals surface area contributed by atoms with Crippen molar-refractivity contribution in [2.24, 2.45) is 5.18 Å². The Kier molecular flexibility index (Phi) is 2.63. The molecule has 0 radical (unpaired) electrons. The molecule has 0 fully saturated rings. The van der Waals surface area contributed by atoms with Gasteiger partial charge in [-0.2, -0.15) is 26.3 Å². The van der Waals surface area contributed by atoms with E-state index in [9.17, 15) is 31.2 Å². The summed E-state index contributed by atoms with van der Waals surface area (Å²) in [7, 11) is 0.